The Bertz CT molecular complexity index is 1190. The number of hydrogen-bond acceptors (Lipinski definition) is 5. The first-order valence-electron chi connectivity index (χ1n) is 9.71. The van der Waals surface area contributed by atoms with Crippen LogP contribution in [0.15, 0.2) is 61.1 Å². The fourth-order valence-corrected chi connectivity index (χ4v) is 3.64. The lowest BCUT2D eigenvalue weighted by atomic mass is 9.98. The van der Waals surface area contributed by atoms with Gasteiger partial charge < -0.3 is 14.2 Å². The molecule has 0 fully saturated rings. The Hall–Kier alpha value is -3.60. The van der Waals surface area contributed by atoms with Gasteiger partial charge in [0.1, 0.15) is 5.75 Å². The molecule has 0 amide bonds. The second kappa shape index (κ2) is 8.41. The van der Waals surface area contributed by atoms with Gasteiger partial charge in [0.25, 0.3) is 0 Å². The molecule has 4 rings (SSSR count). The lowest BCUT2D eigenvalue weighted by molar-refractivity contribution is 0.356. The molecule has 4 aromatic rings. The molecule has 152 valence electrons. The number of fused-ring (bicyclic) bond motifs is 1. The Morgan fingerprint density at radius 1 is 0.733 bits per heavy atom. The van der Waals surface area contributed by atoms with Crippen molar-refractivity contribution in [3.63, 3.8) is 0 Å². The zero-order valence-corrected chi connectivity index (χ0v) is 17.6. The van der Waals surface area contributed by atoms with Crippen molar-refractivity contribution < 1.29 is 14.2 Å². The van der Waals surface area contributed by atoms with E-state index in [1.165, 1.54) is 0 Å². The van der Waals surface area contributed by atoms with Gasteiger partial charge in [0.2, 0.25) is 0 Å². The average molecular weight is 400 g/mol. The molecule has 2 aromatic heterocycles. The first-order chi connectivity index (χ1) is 14.6. The minimum absolute atomic E-state index is 0.704. The van der Waals surface area contributed by atoms with Crippen molar-refractivity contribution in [1.29, 1.82) is 0 Å². The van der Waals surface area contributed by atoms with Crippen molar-refractivity contribution in [2.24, 2.45) is 0 Å². The number of ether oxygens (including phenoxy) is 3. The molecule has 0 N–H and O–H groups in total. The van der Waals surface area contributed by atoms with E-state index in [1.807, 2.05) is 61.9 Å². The summed E-state index contributed by atoms with van der Waals surface area (Å²) in [6, 6.07) is 14.2. The quantitative estimate of drug-likeness (QED) is 0.444. The molecule has 2 aromatic carbocycles. The monoisotopic (exact) mass is 400 g/mol. The van der Waals surface area contributed by atoms with Crippen LogP contribution in [0.5, 0.6) is 17.2 Å². The zero-order valence-electron chi connectivity index (χ0n) is 17.6. The zero-order chi connectivity index (χ0) is 21.1. The summed E-state index contributed by atoms with van der Waals surface area (Å²) in [4.78, 5) is 9.07. The molecule has 0 saturated heterocycles. The maximum Gasteiger partial charge on any atom is 0.161 e. The van der Waals surface area contributed by atoms with Gasteiger partial charge in [0, 0.05) is 41.7 Å². The van der Waals surface area contributed by atoms with Gasteiger partial charge in [-0.25, -0.2) is 0 Å². The summed E-state index contributed by atoms with van der Waals surface area (Å²) in [6.07, 6.45) is 6.43. The summed E-state index contributed by atoms with van der Waals surface area (Å²) < 4.78 is 16.2. The lowest BCUT2D eigenvalue weighted by Gasteiger charge is -2.14. The number of aromatic nitrogens is 2. The van der Waals surface area contributed by atoms with Crippen LogP contribution in [-0.2, 0) is 6.42 Å². The maximum atomic E-state index is 5.52. The van der Waals surface area contributed by atoms with Crippen molar-refractivity contribution >= 4 is 10.8 Å². The molecule has 0 saturated carbocycles. The summed E-state index contributed by atoms with van der Waals surface area (Å²) >= 11 is 0. The molecule has 30 heavy (non-hydrogen) atoms. The number of nitrogens with zero attached hydrogens (tertiary/aromatic N) is 2. The van der Waals surface area contributed by atoms with Gasteiger partial charge in [-0.2, -0.15) is 0 Å². The Balaban J connectivity index is 1.73. The largest absolute Gasteiger partial charge is 0.497 e. The molecule has 0 radical (unpaired) electrons. The molecule has 5 nitrogen and oxygen atoms in total. The van der Waals surface area contributed by atoms with Crippen LogP contribution in [0.25, 0.3) is 21.9 Å². The van der Waals surface area contributed by atoms with E-state index in [1.54, 1.807) is 21.3 Å². The van der Waals surface area contributed by atoms with Crippen molar-refractivity contribution in [3.8, 4) is 28.4 Å². The number of hydrogen-bond donors (Lipinski definition) is 0. The molecular formula is C25H24N2O3. The topological polar surface area (TPSA) is 53.5 Å². The second-order valence-electron chi connectivity index (χ2n) is 7.11. The molecule has 0 unspecified atom stereocenters. The highest BCUT2D eigenvalue weighted by molar-refractivity contribution is 5.90. The summed E-state index contributed by atoms with van der Waals surface area (Å²) in [7, 11) is 4.97. The molecular weight excluding hydrogens is 376 g/mol. The second-order valence-corrected chi connectivity index (χ2v) is 7.11. The van der Waals surface area contributed by atoms with Crippen LogP contribution in [0.2, 0.25) is 0 Å². The van der Waals surface area contributed by atoms with E-state index in [-0.39, 0.29) is 0 Å². The summed E-state index contributed by atoms with van der Waals surface area (Å²) in [5.41, 5.74) is 5.36. The SMILES string of the molecule is COc1ccc(-c2cncc(Cc3cnc(C)c4cc(OC)c(OC)cc34)c2)cc1. The van der Waals surface area contributed by atoms with Crippen molar-refractivity contribution in [3.05, 3.63) is 77.9 Å². The van der Waals surface area contributed by atoms with Gasteiger partial charge >= 0.3 is 0 Å². The number of pyridine rings is 2. The third-order valence-corrected chi connectivity index (χ3v) is 5.29. The summed E-state index contributed by atoms with van der Waals surface area (Å²) in [6.45, 7) is 2.00. The van der Waals surface area contributed by atoms with Gasteiger partial charge in [-0.3, -0.25) is 9.97 Å². The normalized spacial score (nSPS) is 10.8. The van der Waals surface area contributed by atoms with Crippen LogP contribution in [-0.4, -0.2) is 31.3 Å². The van der Waals surface area contributed by atoms with Gasteiger partial charge in [-0.1, -0.05) is 12.1 Å². The minimum atomic E-state index is 0.704. The van der Waals surface area contributed by atoms with Crippen LogP contribution in [0.3, 0.4) is 0 Å². The Morgan fingerprint density at radius 2 is 1.43 bits per heavy atom. The van der Waals surface area contributed by atoms with E-state index in [2.05, 4.69) is 16.0 Å². The third kappa shape index (κ3) is 3.79. The smallest absolute Gasteiger partial charge is 0.161 e. The van der Waals surface area contributed by atoms with E-state index in [9.17, 15) is 0 Å². The average Bonchev–Trinajstić information content (AvgIpc) is 2.80. The first kappa shape index (κ1) is 19.7. The van der Waals surface area contributed by atoms with Gasteiger partial charge in [0.05, 0.1) is 21.3 Å². The highest BCUT2D eigenvalue weighted by Gasteiger charge is 2.12. The Kier molecular flexibility index (Phi) is 5.53. The molecule has 0 atom stereocenters. The van der Waals surface area contributed by atoms with Crippen LogP contribution in [0.1, 0.15) is 16.8 Å². The molecule has 0 aliphatic carbocycles. The number of benzene rings is 2. The van der Waals surface area contributed by atoms with Crippen molar-refractivity contribution in [1.82, 2.24) is 9.97 Å². The number of aryl methyl sites for hydroxylation is 1. The number of rotatable bonds is 6. The minimum Gasteiger partial charge on any atom is -0.497 e. The predicted octanol–water partition coefficient (Wildman–Crippen LogP) is 5.22. The van der Waals surface area contributed by atoms with E-state index in [0.717, 1.165) is 50.9 Å². The van der Waals surface area contributed by atoms with E-state index in [0.29, 0.717) is 11.5 Å². The third-order valence-electron chi connectivity index (χ3n) is 5.29. The van der Waals surface area contributed by atoms with E-state index < -0.39 is 0 Å². The number of methoxy groups -OCH3 is 3. The highest BCUT2D eigenvalue weighted by Crippen LogP contribution is 2.35. The van der Waals surface area contributed by atoms with Crippen molar-refractivity contribution in [2.75, 3.05) is 21.3 Å². The van der Waals surface area contributed by atoms with Crippen LogP contribution in [0, 0.1) is 6.92 Å². The van der Waals surface area contributed by atoms with Gasteiger partial charge in [-0.15, -0.1) is 0 Å². The standard InChI is InChI=1S/C25H24N2O3/c1-16-22-11-24(29-3)25(30-4)12-23(22)20(15-27-16)10-17-9-19(14-26-13-17)18-5-7-21(28-2)8-6-18/h5-9,11-15H,10H2,1-4H3. The van der Waals surface area contributed by atoms with E-state index >= 15 is 0 Å². The molecule has 2 heterocycles. The summed E-state index contributed by atoms with van der Waals surface area (Å²) in [5, 5.41) is 2.17. The molecule has 5 heteroatoms. The molecule has 0 spiro atoms. The lowest BCUT2D eigenvalue weighted by Crippen LogP contribution is -1.98. The predicted molar refractivity (Wildman–Crippen MR) is 119 cm³/mol. The van der Waals surface area contributed by atoms with E-state index in [4.69, 9.17) is 14.2 Å². The molecule has 0 aliphatic heterocycles. The summed E-state index contributed by atoms with van der Waals surface area (Å²) in [5.74, 6) is 2.25. The van der Waals surface area contributed by atoms with Gasteiger partial charge in [0.15, 0.2) is 11.5 Å². The Morgan fingerprint density at radius 3 is 2.10 bits per heavy atom. The molecule has 0 aliphatic rings. The maximum absolute atomic E-state index is 5.52. The van der Waals surface area contributed by atoms with Crippen LogP contribution < -0.4 is 14.2 Å². The van der Waals surface area contributed by atoms with Crippen LogP contribution in [0.4, 0.5) is 0 Å². The fourth-order valence-electron chi connectivity index (χ4n) is 3.64. The Labute approximate surface area is 176 Å². The molecule has 0 bridgehead atoms. The highest BCUT2D eigenvalue weighted by atomic mass is 16.5. The first-order valence-corrected chi connectivity index (χ1v) is 9.71. The van der Waals surface area contributed by atoms with Crippen molar-refractivity contribution in [2.45, 2.75) is 13.3 Å². The van der Waals surface area contributed by atoms with Crippen LogP contribution >= 0.6 is 0 Å². The fraction of sp³-hybridized carbons (Fsp3) is 0.200. The van der Waals surface area contributed by atoms with Gasteiger partial charge in [-0.05, 0) is 59.3 Å².